The number of nitrogens with zero attached hydrogens (tertiary/aromatic N) is 4. The summed E-state index contributed by atoms with van der Waals surface area (Å²) in [6.45, 7) is 4.28. The minimum Gasteiger partial charge on any atom is -0.446 e. The number of methoxy groups -OCH3 is 1. The predicted octanol–water partition coefficient (Wildman–Crippen LogP) is 2.87. The van der Waals surface area contributed by atoms with Crippen molar-refractivity contribution < 1.29 is 14.3 Å². The third-order valence-electron chi connectivity index (χ3n) is 4.67. The molecule has 152 valence electrons. The molecule has 9 nitrogen and oxygen atoms in total. The second-order valence-corrected chi connectivity index (χ2v) is 7.38. The van der Waals surface area contributed by atoms with Crippen molar-refractivity contribution in [2.24, 2.45) is 7.05 Å². The molecular weight excluding hydrogens is 360 g/mol. The zero-order valence-corrected chi connectivity index (χ0v) is 16.8. The van der Waals surface area contributed by atoms with Crippen LogP contribution in [0.5, 0.6) is 0 Å². The monoisotopic (exact) mass is 388 g/mol. The number of anilines is 2. The summed E-state index contributed by atoms with van der Waals surface area (Å²) >= 11 is 0. The minimum absolute atomic E-state index is 0.0600. The fourth-order valence-corrected chi connectivity index (χ4v) is 3.36. The number of aryl methyl sites for hydroxylation is 1. The van der Waals surface area contributed by atoms with Crippen molar-refractivity contribution in [1.82, 2.24) is 25.1 Å². The summed E-state index contributed by atoms with van der Waals surface area (Å²) in [5, 5.41) is 10.3. The summed E-state index contributed by atoms with van der Waals surface area (Å²) < 4.78 is 12.3. The Morgan fingerprint density at radius 2 is 2.07 bits per heavy atom. The average Bonchev–Trinajstić information content (AvgIpc) is 3.22. The predicted molar refractivity (Wildman–Crippen MR) is 104 cm³/mol. The zero-order chi connectivity index (χ0) is 20.1. The molecule has 0 bridgehead atoms. The van der Waals surface area contributed by atoms with Gasteiger partial charge in [0.15, 0.2) is 0 Å². The van der Waals surface area contributed by atoms with E-state index in [4.69, 9.17) is 9.47 Å². The number of carbonyl (C=O) groups excluding carboxylic acids is 1. The molecule has 2 heterocycles. The lowest BCUT2D eigenvalue weighted by molar-refractivity contribution is 0.0982. The van der Waals surface area contributed by atoms with E-state index in [1.807, 2.05) is 39.4 Å². The molecule has 1 fully saturated rings. The Bertz CT molecular complexity index is 789. The molecular formula is C19H28N6O3. The third kappa shape index (κ3) is 5.19. The van der Waals surface area contributed by atoms with Crippen molar-refractivity contribution in [3.8, 4) is 0 Å². The maximum atomic E-state index is 11.8. The Kier molecular flexibility index (Phi) is 6.45. The topological polar surface area (TPSA) is 103 Å². The average molecular weight is 388 g/mol. The normalized spacial score (nSPS) is 19.0. The number of carbonyl (C=O) groups is 1. The molecule has 9 heteroatoms. The molecule has 2 unspecified atom stereocenters. The molecule has 0 saturated heterocycles. The van der Waals surface area contributed by atoms with E-state index < -0.39 is 0 Å². The van der Waals surface area contributed by atoms with Gasteiger partial charge in [0.05, 0.1) is 12.3 Å². The van der Waals surface area contributed by atoms with Gasteiger partial charge in [0.25, 0.3) is 0 Å². The molecule has 0 aliphatic heterocycles. The number of rotatable bonds is 7. The van der Waals surface area contributed by atoms with Crippen LogP contribution in [0.25, 0.3) is 0 Å². The number of alkyl carbamates (subject to hydrolysis) is 1. The van der Waals surface area contributed by atoms with Crippen LogP contribution in [-0.4, -0.2) is 45.1 Å². The van der Waals surface area contributed by atoms with E-state index in [0.29, 0.717) is 18.5 Å². The third-order valence-corrected chi connectivity index (χ3v) is 4.67. The Morgan fingerprint density at radius 3 is 2.75 bits per heavy atom. The van der Waals surface area contributed by atoms with Crippen molar-refractivity contribution in [3.05, 3.63) is 29.7 Å². The molecule has 0 aromatic carbocycles. The van der Waals surface area contributed by atoms with Crippen LogP contribution < -0.4 is 10.6 Å². The summed E-state index contributed by atoms with van der Waals surface area (Å²) in [6, 6.07) is 1.98. The van der Waals surface area contributed by atoms with Crippen LogP contribution in [0.3, 0.4) is 0 Å². The fourth-order valence-electron chi connectivity index (χ4n) is 3.36. The van der Waals surface area contributed by atoms with Crippen molar-refractivity contribution in [2.45, 2.75) is 57.8 Å². The van der Waals surface area contributed by atoms with Crippen LogP contribution >= 0.6 is 0 Å². The molecule has 2 aromatic rings. The quantitative estimate of drug-likeness (QED) is 0.752. The van der Waals surface area contributed by atoms with Gasteiger partial charge >= 0.3 is 6.09 Å². The van der Waals surface area contributed by atoms with E-state index in [9.17, 15) is 4.79 Å². The lowest BCUT2D eigenvalue weighted by atomic mass is 10.0. The minimum atomic E-state index is -0.347. The number of hydrogen-bond donors (Lipinski definition) is 2. The van der Waals surface area contributed by atoms with Crippen LogP contribution in [0, 0.1) is 0 Å². The van der Waals surface area contributed by atoms with Crippen molar-refractivity contribution in [3.63, 3.8) is 0 Å². The summed E-state index contributed by atoms with van der Waals surface area (Å²) in [5.41, 5.74) is 1.90. The molecule has 1 aliphatic rings. The van der Waals surface area contributed by atoms with E-state index in [1.54, 1.807) is 11.8 Å². The van der Waals surface area contributed by atoms with Gasteiger partial charge in [0.2, 0.25) is 5.95 Å². The standard InChI is InChI=1S/C19H28N6O3/c1-12(2)22-19(26)28-16-6-5-13(7-16)14-9-20-18(21-10-14)23-17-8-15(11-27-4)24-25(17)3/h8-10,12-13,16H,5-7,11H2,1-4H3,(H,22,26)(H,20,21,23). The molecule has 2 aromatic heterocycles. The lowest BCUT2D eigenvalue weighted by Gasteiger charge is -2.15. The van der Waals surface area contributed by atoms with Crippen molar-refractivity contribution in [2.75, 3.05) is 12.4 Å². The van der Waals surface area contributed by atoms with Crippen LogP contribution in [0.15, 0.2) is 18.5 Å². The summed E-state index contributed by atoms with van der Waals surface area (Å²) in [7, 11) is 3.49. The number of nitrogens with one attached hydrogen (secondary N) is 2. The first-order valence-corrected chi connectivity index (χ1v) is 9.52. The van der Waals surface area contributed by atoms with Gasteiger partial charge in [-0.15, -0.1) is 0 Å². The zero-order valence-electron chi connectivity index (χ0n) is 16.8. The summed E-state index contributed by atoms with van der Waals surface area (Å²) in [4.78, 5) is 20.6. The summed E-state index contributed by atoms with van der Waals surface area (Å²) in [5.74, 6) is 1.61. The Balaban J connectivity index is 1.55. The largest absolute Gasteiger partial charge is 0.446 e. The van der Waals surface area contributed by atoms with Gasteiger partial charge in [-0.2, -0.15) is 5.10 Å². The van der Waals surface area contributed by atoms with Crippen LogP contribution in [0.4, 0.5) is 16.6 Å². The van der Waals surface area contributed by atoms with Crippen molar-refractivity contribution in [1.29, 1.82) is 0 Å². The highest BCUT2D eigenvalue weighted by atomic mass is 16.6. The molecule has 3 rings (SSSR count). The van der Waals surface area contributed by atoms with Gasteiger partial charge < -0.3 is 20.1 Å². The molecule has 28 heavy (non-hydrogen) atoms. The molecule has 1 aliphatic carbocycles. The maximum Gasteiger partial charge on any atom is 0.407 e. The molecule has 2 N–H and O–H groups in total. The van der Waals surface area contributed by atoms with Gasteiger partial charge in [-0.05, 0) is 44.6 Å². The smallest absolute Gasteiger partial charge is 0.407 e. The highest BCUT2D eigenvalue weighted by molar-refractivity contribution is 5.67. The van der Waals surface area contributed by atoms with E-state index >= 15 is 0 Å². The molecule has 0 radical (unpaired) electrons. The van der Waals surface area contributed by atoms with Crippen LogP contribution in [-0.2, 0) is 23.1 Å². The molecule has 0 spiro atoms. The Labute approximate surface area is 164 Å². The fraction of sp³-hybridized carbons (Fsp3) is 0.579. The Hall–Kier alpha value is -2.68. The molecule has 1 amide bonds. The first-order chi connectivity index (χ1) is 13.4. The van der Waals surface area contributed by atoms with Gasteiger partial charge in [-0.3, -0.25) is 4.68 Å². The maximum absolute atomic E-state index is 11.8. The lowest BCUT2D eigenvalue weighted by Crippen LogP contribution is -2.33. The van der Waals surface area contributed by atoms with E-state index in [0.717, 1.165) is 36.3 Å². The van der Waals surface area contributed by atoms with Crippen LogP contribution in [0.2, 0.25) is 0 Å². The summed E-state index contributed by atoms with van der Waals surface area (Å²) in [6.07, 6.45) is 5.87. The van der Waals surface area contributed by atoms with E-state index in [1.165, 1.54) is 0 Å². The number of amides is 1. The van der Waals surface area contributed by atoms with Gasteiger partial charge in [0.1, 0.15) is 11.9 Å². The van der Waals surface area contributed by atoms with E-state index in [2.05, 4.69) is 25.7 Å². The highest BCUT2D eigenvalue weighted by Crippen LogP contribution is 2.35. The molecule has 1 saturated carbocycles. The number of aromatic nitrogens is 4. The van der Waals surface area contributed by atoms with Gasteiger partial charge in [0, 0.05) is 38.7 Å². The van der Waals surface area contributed by atoms with Gasteiger partial charge in [-0.1, -0.05) is 0 Å². The Morgan fingerprint density at radius 1 is 1.32 bits per heavy atom. The highest BCUT2D eigenvalue weighted by Gasteiger charge is 2.29. The van der Waals surface area contributed by atoms with Crippen molar-refractivity contribution >= 4 is 17.9 Å². The van der Waals surface area contributed by atoms with Crippen LogP contribution in [0.1, 0.15) is 50.3 Å². The first kappa shape index (κ1) is 20.1. The molecule has 2 atom stereocenters. The number of ether oxygens (including phenoxy) is 2. The first-order valence-electron chi connectivity index (χ1n) is 9.52. The van der Waals surface area contributed by atoms with Gasteiger partial charge in [-0.25, -0.2) is 14.8 Å². The second kappa shape index (κ2) is 9.01. The van der Waals surface area contributed by atoms with E-state index in [-0.39, 0.29) is 18.2 Å². The number of hydrogen-bond acceptors (Lipinski definition) is 7. The SMILES string of the molecule is COCc1cc(Nc2ncc(C3CCC(OC(=O)NC(C)C)C3)cn2)n(C)n1. The second-order valence-electron chi connectivity index (χ2n) is 7.38.